The molecule has 0 fully saturated rings. The molecule has 0 spiro atoms. The van der Waals surface area contributed by atoms with Gasteiger partial charge in [0.1, 0.15) is 24.5 Å². The van der Waals surface area contributed by atoms with Gasteiger partial charge in [-0.25, -0.2) is 9.07 Å². The van der Waals surface area contributed by atoms with Crippen LogP contribution < -0.4 is 15.5 Å². The van der Waals surface area contributed by atoms with Gasteiger partial charge >= 0.3 is 0 Å². The number of halogens is 2. The van der Waals surface area contributed by atoms with E-state index in [1.165, 1.54) is 24.2 Å². The van der Waals surface area contributed by atoms with Gasteiger partial charge in [-0.15, -0.1) is 10.2 Å². The van der Waals surface area contributed by atoms with Crippen LogP contribution in [0.4, 0.5) is 4.39 Å². The van der Waals surface area contributed by atoms with Crippen LogP contribution in [-0.4, -0.2) is 32.1 Å². The molecule has 0 saturated carbocycles. The minimum atomic E-state index is -0.317. The maximum Gasteiger partial charge on any atom is 0.230 e. The number of aromatic nitrogens is 3. The number of carbonyl (C=O) groups is 1. The Hall–Kier alpha value is -2.78. The van der Waals surface area contributed by atoms with Crippen LogP contribution in [0.15, 0.2) is 53.9 Å². The monoisotopic (exact) mass is 477 g/mol. The van der Waals surface area contributed by atoms with E-state index < -0.39 is 0 Å². The average Bonchev–Trinajstić information content (AvgIpc) is 3.17. The number of ether oxygens (including phenoxy) is 1. The summed E-state index contributed by atoms with van der Waals surface area (Å²) >= 11 is 7.44. The summed E-state index contributed by atoms with van der Waals surface area (Å²) in [5.74, 6) is 0.390. The number of nitrogens with one attached hydrogen (secondary N) is 2. The van der Waals surface area contributed by atoms with Gasteiger partial charge in [0.25, 0.3) is 0 Å². The molecule has 0 unspecified atom stereocenters. The van der Waals surface area contributed by atoms with Crippen molar-refractivity contribution < 1.29 is 13.9 Å². The van der Waals surface area contributed by atoms with Gasteiger partial charge in [0.15, 0.2) is 0 Å². The molecule has 170 valence electrons. The van der Waals surface area contributed by atoms with Gasteiger partial charge in [-0.1, -0.05) is 41.6 Å². The van der Waals surface area contributed by atoms with Crippen molar-refractivity contribution in [1.29, 1.82) is 0 Å². The van der Waals surface area contributed by atoms with Crippen molar-refractivity contribution >= 4 is 29.3 Å². The number of nitrogens with zero attached hydrogens (tertiary/aromatic N) is 3. The lowest BCUT2D eigenvalue weighted by atomic mass is 10.1. The van der Waals surface area contributed by atoms with Gasteiger partial charge in [0.05, 0.1) is 12.3 Å². The molecule has 0 atom stereocenters. The Morgan fingerprint density at radius 1 is 1.22 bits per heavy atom. The highest BCUT2D eigenvalue weighted by molar-refractivity contribution is 7.99. The fourth-order valence-electron chi connectivity index (χ4n) is 2.78. The number of hydrogen-bond acceptors (Lipinski definition) is 6. The summed E-state index contributed by atoms with van der Waals surface area (Å²) in [6.45, 7) is 6.23. The molecule has 0 bridgehead atoms. The molecule has 1 amide bonds. The van der Waals surface area contributed by atoms with Gasteiger partial charge in [0.2, 0.25) is 11.1 Å². The molecular formula is C22H25ClFN5O2S. The van der Waals surface area contributed by atoms with Crippen molar-refractivity contribution in [3.8, 4) is 5.75 Å². The molecule has 0 saturated heterocycles. The summed E-state index contributed by atoms with van der Waals surface area (Å²) in [4.78, 5) is 12.1. The Morgan fingerprint density at radius 3 is 2.75 bits per heavy atom. The summed E-state index contributed by atoms with van der Waals surface area (Å²) in [6.07, 6.45) is 1.52. The van der Waals surface area contributed by atoms with Gasteiger partial charge in [0, 0.05) is 21.7 Å². The third kappa shape index (κ3) is 7.13. The SMILES string of the molecule is CC(C)(C)NC(=O)CSc1nncn1NCc1cc(Cl)ccc1OCc1ccccc1F. The van der Waals surface area contributed by atoms with Crippen LogP contribution in [0.25, 0.3) is 0 Å². The second-order valence-electron chi connectivity index (χ2n) is 8.04. The third-order valence-corrected chi connectivity index (χ3v) is 5.34. The second kappa shape index (κ2) is 10.7. The normalized spacial score (nSPS) is 11.3. The van der Waals surface area contributed by atoms with Crippen molar-refractivity contribution in [3.05, 3.63) is 70.8 Å². The summed E-state index contributed by atoms with van der Waals surface area (Å²) in [7, 11) is 0. The van der Waals surface area contributed by atoms with E-state index in [1.54, 1.807) is 41.1 Å². The zero-order chi connectivity index (χ0) is 23.1. The Kier molecular flexibility index (Phi) is 7.98. The molecule has 0 aliphatic heterocycles. The van der Waals surface area contributed by atoms with Crippen LogP contribution in [-0.2, 0) is 17.9 Å². The summed E-state index contributed by atoms with van der Waals surface area (Å²) in [5.41, 5.74) is 4.14. The van der Waals surface area contributed by atoms with E-state index in [0.29, 0.717) is 28.0 Å². The first-order valence-electron chi connectivity index (χ1n) is 9.93. The standard InChI is InChI=1S/C22H25ClFN5O2S/c1-22(2,3)27-20(30)13-32-21-28-25-14-29(21)26-11-16-10-17(23)8-9-19(16)31-12-15-6-4-5-7-18(15)24/h4-10,14,26H,11-13H2,1-3H3,(H,27,30). The maximum absolute atomic E-state index is 13.9. The van der Waals surface area contributed by atoms with E-state index in [4.69, 9.17) is 16.3 Å². The van der Waals surface area contributed by atoms with Crippen LogP contribution >= 0.6 is 23.4 Å². The van der Waals surface area contributed by atoms with Crippen LogP contribution in [0.5, 0.6) is 5.75 Å². The van der Waals surface area contributed by atoms with Crippen molar-refractivity contribution in [2.45, 2.75) is 44.6 Å². The average molecular weight is 478 g/mol. The molecule has 1 heterocycles. The first kappa shape index (κ1) is 23.9. The third-order valence-electron chi connectivity index (χ3n) is 4.17. The Balaban J connectivity index is 1.62. The molecule has 7 nitrogen and oxygen atoms in total. The second-order valence-corrected chi connectivity index (χ2v) is 9.42. The molecule has 0 aliphatic carbocycles. The Bertz CT molecular complexity index is 1070. The van der Waals surface area contributed by atoms with Gasteiger partial charge < -0.3 is 15.5 Å². The Morgan fingerprint density at radius 2 is 2.00 bits per heavy atom. The van der Waals surface area contributed by atoms with Crippen LogP contribution in [0.2, 0.25) is 5.02 Å². The smallest absolute Gasteiger partial charge is 0.230 e. The number of benzene rings is 2. The summed E-state index contributed by atoms with van der Waals surface area (Å²) in [6, 6.07) is 11.7. The minimum absolute atomic E-state index is 0.0873. The van der Waals surface area contributed by atoms with Crippen LogP contribution in [0.3, 0.4) is 0 Å². The van der Waals surface area contributed by atoms with Gasteiger partial charge in [-0.2, -0.15) is 0 Å². The number of rotatable bonds is 9. The number of hydrogen-bond donors (Lipinski definition) is 2. The summed E-state index contributed by atoms with van der Waals surface area (Å²) < 4.78 is 21.4. The highest BCUT2D eigenvalue weighted by Gasteiger charge is 2.15. The molecule has 3 rings (SSSR count). The molecule has 2 aromatic carbocycles. The Labute approximate surface area is 195 Å². The first-order chi connectivity index (χ1) is 15.2. The van der Waals surface area contributed by atoms with Gasteiger partial charge in [-0.3, -0.25) is 4.79 Å². The molecule has 2 N–H and O–H groups in total. The first-order valence-corrected chi connectivity index (χ1v) is 11.3. The molecule has 10 heteroatoms. The lowest BCUT2D eigenvalue weighted by molar-refractivity contribution is -0.119. The minimum Gasteiger partial charge on any atom is -0.488 e. The predicted octanol–water partition coefficient (Wildman–Crippen LogP) is 4.40. The van der Waals surface area contributed by atoms with Crippen molar-refractivity contribution in [2.24, 2.45) is 0 Å². The number of carbonyl (C=O) groups excluding carboxylic acids is 1. The highest BCUT2D eigenvalue weighted by atomic mass is 35.5. The molecule has 3 aromatic rings. The van der Waals surface area contributed by atoms with E-state index in [9.17, 15) is 9.18 Å². The topological polar surface area (TPSA) is 81.1 Å². The summed E-state index contributed by atoms with van der Waals surface area (Å²) in [5, 5.41) is 12.0. The largest absolute Gasteiger partial charge is 0.488 e. The molecule has 1 aromatic heterocycles. The van der Waals surface area contributed by atoms with Crippen LogP contribution in [0.1, 0.15) is 31.9 Å². The number of amides is 1. The zero-order valence-electron chi connectivity index (χ0n) is 18.1. The fourth-order valence-corrected chi connectivity index (χ4v) is 3.67. The van der Waals surface area contributed by atoms with E-state index >= 15 is 0 Å². The number of thioether (sulfide) groups is 1. The lowest BCUT2D eigenvalue weighted by Crippen LogP contribution is -2.41. The molecular weight excluding hydrogens is 453 g/mol. The van der Waals surface area contributed by atoms with Crippen molar-refractivity contribution in [2.75, 3.05) is 11.2 Å². The maximum atomic E-state index is 13.9. The van der Waals surface area contributed by atoms with Crippen molar-refractivity contribution in [3.63, 3.8) is 0 Å². The predicted molar refractivity (Wildman–Crippen MR) is 124 cm³/mol. The van der Waals surface area contributed by atoms with Gasteiger partial charge in [-0.05, 0) is 45.0 Å². The lowest BCUT2D eigenvalue weighted by Gasteiger charge is -2.20. The highest BCUT2D eigenvalue weighted by Crippen LogP contribution is 2.25. The molecule has 0 aliphatic rings. The molecule has 32 heavy (non-hydrogen) atoms. The van der Waals surface area contributed by atoms with Crippen LogP contribution in [0, 0.1) is 5.82 Å². The molecule has 0 radical (unpaired) electrons. The van der Waals surface area contributed by atoms with E-state index in [2.05, 4.69) is 20.9 Å². The van der Waals surface area contributed by atoms with E-state index in [0.717, 1.165) is 5.56 Å². The van der Waals surface area contributed by atoms with E-state index in [1.807, 2.05) is 20.8 Å². The van der Waals surface area contributed by atoms with Crippen molar-refractivity contribution in [1.82, 2.24) is 20.2 Å². The van der Waals surface area contributed by atoms with E-state index in [-0.39, 0.29) is 29.6 Å². The fraction of sp³-hybridized carbons (Fsp3) is 0.318. The zero-order valence-corrected chi connectivity index (χ0v) is 19.6. The quantitative estimate of drug-likeness (QED) is 0.444.